The van der Waals surface area contributed by atoms with Crippen LogP contribution in [0.15, 0.2) is 53.6 Å². The lowest BCUT2D eigenvalue weighted by Crippen LogP contribution is -2.48. The van der Waals surface area contributed by atoms with Crippen molar-refractivity contribution in [1.29, 1.82) is 0 Å². The smallest absolute Gasteiger partial charge is 0.352 e. The number of thioether (sulfide) groups is 1. The summed E-state index contributed by atoms with van der Waals surface area (Å²) in [6.07, 6.45) is 3.45. The van der Waals surface area contributed by atoms with E-state index in [1.807, 2.05) is 36.1 Å². The first-order chi connectivity index (χ1) is 22.9. The Balaban J connectivity index is 1.01. The van der Waals surface area contributed by atoms with Gasteiger partial charge < -0.3 is 25.0 Å². The Morgan fingerprint density at radius 2 is 2.04 bits per heavy atom. The molecule has 0 bridgehead atoms. The fourth-order valence-corrected chi connectivity index (χ4v) is 7.97. The van der Waals surface area contributed by atoms with Gasteiger partial charge in [-0.3, -0.25) is 4.90 Å². The van der Waals surface area contributed by atoms with Crippen molar-refractivity contribution in [2.45, 2.75) is 38.1 Å². The molecule has 242 valence electrons. The van der Waals surface area contributed by atoms with Crippen LogP contribution >= 0.6 is 23.1 Å². The van der Waals surface area contributed by atoms with Gasteiger partial charge in [-0.05, 0) is 62.9 Å². The Hall–Kier alpha value is -4.38. The minimum atomic E-state index is -0.993. The quantitative estimate of drug-likeness (QED) is 0.158. The third kappa shape index (κ3) is 6.72. The van der Waals surface area contributed by atoms with E-state index in [0.717, 1.165) is 64.8 Å². The van der Waals surface area contributed by atoms with Crippen molar-refractivity contribution in [1.82, 2.24) is 25.0 Å². The Morgan fingerprint density at radius 3 is 2.83 bits per heavy atom. The number of hydrogen-bond donors (Lipinski definition) is 2. The van der Waals surface area contributed by atoms with Crippen LogP contribution in [0.3, 0.4) is 0 Å². The molecule has 3 aliphatic rings. The van der Waals surface area contributed by atoms with Gasteiger partial charge in [0.05, 0.1) is 23.4 Å². The lowest BCUT2D eigenvalue weighted by atomic mass is 10.0. The van der Waals surface area contributed by atoms with E-state index in [4.69, 9.17) is 4.74 Å². The SMILES string of the molecule is Cc1c(Nc2nc3ccccc3s2)nnc2c1CCCN2C1SC=C(C(=O)O)N1CCCOc1ccc(C#CCN2CCC2)cc1F. The van der Waals surface area contributed by atoms with E-state index >= 15 is 0 Å². The summed E-state index contributed by atoms with van der Waals surface area (Å²) in [7, 11) is 0. The number of fused-ring (bicyclic) bond motifs is 2. The standard InChI is InChI=1S/C34H34FN7O3S2/c1-22-24-9-5-17-42(31(24)39-38-30(22)37-33-36-26-10-2-3-11-29(26)47-33)34-41(27(21-46-34)32(43)44)18-7-19-45-28-13-12-23(20-25(28)35)8-4-14-40-15-6-16-40/h2-3,10-13,20-21,34H,5-7,9,14-19H2,1H3,(H,43,44)(H,36,37,38). The highest BCUT2D eigenvalue weighted by Gasteiger charge is 2.38. The first kappa shape index (κ1) is 31.2. The number of rotatable bonds is 10. The van der Waals surface area contributed by atoms with Gasteiger partial charge in [-0.2, -0.15) is 0 Å². The molecule has 0 saturated carbocycles. The van der Waals surface area contributed by atoms with Crippen molar-refractivity contribution in [3.63, 3.8) is 0 Å². The number of anilines is 3. The van der Waals surface area contributed by atoms with E-state index < -0.39 is 11.8 Å². The average Bonchev–Trinajstić information content (AvgIpc) is 3.66. The lowest BCUT2D eigenvalue weighted by molar-refractivity contribution is -0.134. The number of carboxylic acid groups (broad SMARTS) is 1. The monoisotopic (exact) mass is 671 g/mol. The lowest BCUT2D eigenvalue weighted by Gasteiger charge is -2.40. The Morgan fingerprint density at radius 1 is 1.17 bits per heavy atom. The highest BCUT2D eigenvalue weighted by molar-refractivity contribution is 8.03. The minimum absolute atomic E-state index is 0.158. The highest BCUT2D eigenvalue weighted by atomic mass is 32.2. The summed E-state index contributed by atoms with van der Waals surface area (Å²) in [6.45, 7) is 6.23. The van der Waals surface area contributed by atoms with E-state index in [2.05, 4.69) is 42.1 Å². The van der Waals surface area contributed by atoms with Gasteiger partial charge in [0.2, 0.25) is 0 Å². The van der Waals surface area contributed by atoms with Crippen LogP contribution < -0.4 is 15.0 Å². The number of carbonyl (C=O) groups is 1. The molecule has 1 atom stereocenters. The molecule has 1 fully saturated rings. The predicted molar refractivity (Wildman–Crippen MR) is 184 cm³/mol. The molecule has 0 radical (unpaired) electrons. The molecule has 3 aliphatic heterocycles. The molecule has 0 spiro atoms. The van der Waals surface area contributed by atoms with Crippen molar-refractivity contribution in [2.24, 2.45) is 0 Å². The number of para-hydroxylation sites is 1. The maximum atomic E-state index is 14.8. The maximum Gasteiger partial charge on any atom is 0.352 e. The summed E-state index contributed by atoms with van der Waals surface area (Å²) >= 11 is 3.01. The number of halogens is 1. The summed E-state index contributed by atoms with van der Waals surface area (Å²) < 4.78 is 21.6. The number of aromatic nitrogens is 3. The number of carboxylic acids is 1. The number of hydrogen-bond acceptors (Lipinski definition) is 11. The minimum Gasteiger partial charge on any atom is -0.490 e. The van der Waals surface area contributed by atoms with Crippen LogP contribution in [0.5, 0.6) is 5.75 Å². The van der Waals surface area contributed by atoms with E-state index in [0.29, 0.717) is 30.9 Å². The fraction of sp³-hybridized carbons (Fsp3) is 0.353. The van der Waals surface area contributed by atoms with Crippen LogP contribution in [-0.2, 0) is 11.2 Å². The molecule has 13 heteroatoms. The molecule has 4 aromatic rings. The summed E-state index contributed by atoms with van der Waals surface area (Å²) in [5, 5.41) is 25.0. The average molecular weight is 672 g/mol. The Kier molecular flexibility index (Phi) is 9.15. The number of nitrogens with one attached hydrogen (secondary N) is 1. The summed E-state index contributed by atoms with van der Waals surface area (Å²) in [5.41, 5.74) is 3.56. The zero-order valence-corrected chi connectivity index (χ0v) is 27.5. The second kappa shape index (κ2) is 13.8. The van der Waals surface area contributed by atoms with Gasteiger partial charge in [-0.15, -0.1) is 10.2 Å². The number of ether oxygens (including phenoxy) is 1. The molecule has 0 aliphatic carbocycles. The normalized spacial score (nSPS) is 17.5. The van der Waals surface area contributed by atoms with Gasteiger partial charge in [0, 0.05) is 48.3 Å². The van der Waals surface area contributed by atoms with Crippen molar-refractivity contribution < 1.29 is 19.0 Å². The molecule has 10 nitrogen and oxygen atoms in total. The maximum absolute atomic E-state index is 14.8. The third-order valence-corrected chi connectivity index (χ3v) is 10.6. The van der Waals surface area contributed by atoms with E-state index in [1.54, 1.807) is 28.9 Å². The molecule has 7 rings (SSSR count). The van der Waals surface area contributed by atoms with Crippen molar-refractivity contribution in [3.05, 3.63) is 76.1 Å². The van der Waals surface area contributed by atoms with Gasteiger partial charge >= 0.3 is 5.97 Å². The molecule has 1 unspecified atom stereocenters. The first-order valence-corrected chi connectivity index (χ1v) is 17.4. The number of benzene rings is 2. The molecule has 0 amide bonds. The van der Waals surface area contributed by atoms with Crippen LogP contribution in [0.1, 0.15) is 36.0 Å². The number of thiazole rings is 1. The van der Waals surface area contributed by atoms with Gasteiger partial charge in [-0.1, -0.05) is 47.1 Å². The number of aliphatic carboxylic acids is 1. The van der Waals surface area contributed by atoms with Crippen LogP contribution in [0.2, 0.25) is 0 Å². The van der Waals surface area contributed by atoms with E-state index in [-0.39, 0.29) is 23.6 Å². The zero-order valence-electron chi connectivity index (χ0n) is 25.9. The van der Waals surface area contributed by atoms with E-state index in [9.17, 15) is 14.3 Å². The van der Waals surface area contributed by atoms with Crippen molar-refractivity contribution in [2.75, 3.05) is 49.5 Å². The van der Waals surface area contributed by atoms with Gasteiger partial charge in [0.1, 0.15) is 5.70 Å². The predicted octanol–water partition coefficient (Wildman–Crippen LogP) is 5.81. The first-order valence-electron chi connectivity index (χ1n) is 15.7. The van der Waals surface area contributed by atoms with Crippen LogP contribution in [-0.4, -0.2) is 80.9 Å². The molecule has 1 saturated heterocycles. The largest absolute Gasteiger partial charge is 0.490 e. The van der Waals surface area contributed by atoms with Gasteiger partial charge in [0.25, 0.3) is 0 Å². The Labute approximate surface area is 280 Å². The Bertz CT molecular complexity index is 1870. The van der Waals surface area contributed by atoms with Gasteiger partial charge in [0.15, 0.2) is 33.8 Å². The van der Waals surface area contributed by atoms with Crippen molar-refractivity contribution >= 4 is 56.1 Å². The van der Waals surface area contributed by atoms with E-state index in [1.165, 1.54) is 24.2 Å². The number of nitrogens with zero attached hydrogens (tertiary/aromatic N) is 6. The summed E-state index contributed by atoms with van der Waals surface area (Å²) in [4.78, 5) is 23.1. The second-order valence-electron chi connectivity index (χ2n) is 11.6. The van der Waals surface area contributed by atoms with Crippen LogP contribution in [0.25, 0.3) is 10.2 Å². The topological polar surface area (TPSA) is 107 Å². The zero-order chi connectivity index (χ0) is 32.3. The fourth-order valence-electron chi connectivity index (χ4n) is 5.90. The molecule has 2 aromatic heterocycles. The van der Waals surface area contributed by atoms with Crippen LogP contribution in [0, 0.1) is 24.6 Å². The molecular formula is C34H34FN7O3S2. The van der Waals surface area contributed by atoms with Crippen molar-refractivity contribution in [3.8, 4) is 17.6 Å². The second-order valence-corrected chi connectivity index (χ2v) is 13.6. The van der Waals surface area contributed by atoms with Crippen LogP contribution in [0.4, 0.5) is 21.2 Å². The molecular weight excluding hydrogens is 638 g/mol. The summed E-state index contributed by atoms with van der Waals surface area (Å²) in [6, 6.07) is 12.8. The molecule has 2 N–H and O–H groups in total. The molecule has 2 aromatic carbocycles. The number of likely N-dealkylation sites (tertiary alicyclic amines) is 1. The third-order valence-electron chi connectivity index (χ3n) is 8.52. The molecule has 5 heterocycles. The highest BCUT2D eigenvalue weighted by Crippen LogP contribution is 2.40. The summed E-state index contributed by atoms with van der Waals surface area (Å²) in [5.74, 6) is 6.25. The van der Waals surface area contributed by atoms with Gasteiger partial charge in [-0.25, -0.2) is 14.2 Å². The molecule has 47 heavy (non-hydrogen) atoms.